The van der Waals surface area contributed by atoms with Crippen LogP contribution in [-0.2, 0) is 14.8 Å². The van der Waals surface area contributed by atoms with Crippen LogP contribution in [0.2, 0.25) is 5.02 Å². The Balaban J connectivity index is 1.81. The zero-order valence-corrected chi connectivity index (χ0v) is 14.8. The molecule has 2 aromatic carbocycles. The minimum atomic E-state index is -3.55. The SMILES string of the molecule is N#Cc1c(Cl)cccc1Oc1ccc(S(=O)(=O)N2CCOCC2)cc1. The molecule has 3 rings (SSSR count). The molecule has 0 aliphatic carbocycles. The summed E-state index contributed by atoms with van der Waals surface area (Å²) in [5.41, 5.74) is 0.231. The van der Waals surface area contributed by atoms with E-state index in [0.29, 0.717) is 42.8 Å². The maximum Gasteiger partial charge on any atom is 0.243 e. The lowest BCUT2D eigenvalue weighted by Crippen LogP contribution is -2.40. The van der Waals surface area contributed by atoms with Crippen LogP contribution < -0.4 is 4.74 Å². The van der Waals surface area contributed by atoms with Crippen molar-refractivity contribution in [3.8, 4) is 17.6 Å². The van der Waals surface area contributed by atoms with Crippen molar-refractivity contribution in [2.45, 2.75) is 4.90 Å². The molecule has 6 nitrogen and oxygen atoms in total. The lowest BCUT2D eigenvalue weighted by molar-refractivity contribution is 0.0730. The highest BCUT2D eigenvalue weighted by atomic mass is 35.5. The van der Waals surface area contributed by atoms with Crippen molar-refractivity contribution in [3.05, 3.63) is 53.1 Å². The van der Waals surface area contributed by atoms with Crippen molar-refractivity contribution < 1.29 is 17.9 Å². The van der Waals surface area contributed by atoms with Gasteiger partial charge in [-0.05, 0) is 36.4 Å². The summed E-state index contributed by atoms with van der Waals surface area (Å²) in [5.74, 6) is 0.735. The number of ether oxygens (including phenoxy) is 2. The molecule has 0 saturated carbocycles. The zero-order chi connectivity index (χ0) is 17.9. The molecule has 0 radical (unpaired) electrons. The first kappa shape index (κ1) is 17.7. The average molecular weight is 379 g/mol. The van der Waals surface area contributed by atoms with E-state index in [4.69, 9.17) is 26.3 Å². The highest BCUT2D eigenvalue weighted by Crippen LogP contribution is 2.30. The molecule has 8 heteroatoms. The number of nitrogens with zero attached hydrogens (tertiary/aromatic N) is 2. The summed E-state index contributed by atoms with van der Waals surface area (Å²) in [6, 6.07) is 13.0. The van der Waals surface area contributed by atoms with Gasteiger partial charge in [-0.15, -0.1) is 0 Å². The number of nitriles is 1. The van der Waals surface area contributed by atoms with E-state index in [0.717, 1.165) is 0 Å². The molecule has 0 spiro atoms. The number of hydrogen-bond acceptors (Lipinski definition) is 5. The van der Waals surface area contributed by atoms with Crippen LogP contribution in [0.3, 0.4) is 0 Å². The fourth-order valence-corrected chi connectivity index (χ4v) is 4.06. The molecule has 130 valence electrons. The lowest BCUT2D eigenvalue weighted by atomic mass is 10.2. The molecule has 1 heterocycles. The maximum atomic E-state index is 12.6. The summed E-state index contributed by atoms with van der Waals surface area (Å²) >= 11 is 5.97. The van der Waals surface area contributed by atoms with Crippen LogP contribution in [-0.4, -0.2) is 39.0 Å². The molecule has 1 aliphatic heterocycles. The van der Waals surface area contributed by atoms with Crippen LogP contribution in [0.1, 0.15) is 5.56 Å². The molecule has 0 aromatic heterocycles. The van der Waals surface area contributed by atoms with Crippen molar-refractivity contribution in [3.63, 3.8) is 0 Å². The van der Waals surface area contributed by atoms with E-state index in [2.05, 4.69) is 0 Å². The molecular formula is C17H15ClN2O4S. The number of halogens is 1. The maximum absolute atomic E-state index is 12.6. The van der Waals surface area contributed by atoms with Gasteiger partial charge in [0.2, 0.25) is 10.0 Å². The smallest absolute Gasteiger partial charge is 0.243 e. The van der Waals surface area contributed by atoms with E-state index in [-0.39, 0.29) is 10.5 Å². The molecule has 1 aliphatic rings. The monoisotopic (exact) mass is 378 g/mol. The summed E-state index contributed by atoms with van der Waals surface area (Å²) < 4.78 is 37.4. The number of morpholine rings is 1. The lowest BCUT2D eigenvalue weighted by Gasteiger charge is -2.26. The van der Waals surface area contributed by atoms with Gasteiger partial charge in [-0.25, -0.2) is 8.42 Å². The number of hydrogen-bond donors (Lipinski definition) is 0. The predicted molar refractivity (Wildman–Crippen MR) is 92.3 cm³/mol. The first-order valence-corrected chi connectivity index (χ1v) is 9.38. The molecule has 1 fully saturated rings. The highest BCUT2D eigenvalue weighted by molar-refractivity contribution is 7.89. The highest BCUT2D eigenvalue weighted by Gasteiger charge is 2.26. The van der Waals surface area contributed by atoms with Crippen molar-refractivity contribution in [1.29, 1.82) is 5.26 Å². The van der Waals surface area contributed by atoms with Crippen molar-refractivity contribution in [2.75, 3.05) is 26.3 Å². The van der Waals surface area contributed by atoms with Crippen LogP contribution in [0.5, 0.6) is 11.5 Å². The van der Waals surface area contributed by atoms with Crippen LogP contribution in [0.4, 0.5) is 0 Å². The second-order valence-corrected chi connectivity index (χ2v) is 7.66. The quantitative estimate of drug-likeness (QED) is 0.817. The van der Waals surface area contributed by atoms with E-state index in [1.54, 1.807) is 30.3 Å². The Labute approximate surface area is 151 Å². The van der Waals surface area contributed by atoms with Crippen molar-refractivity contribution >= 4 is 21.6 Å². The third-order valence-corrected chi connectivity index (χ3v) is 5.97. The van der Waals surface area contributed by atoms with E-state index in [1.807, 2.05) is 6.07 Å². The summed E-state index contributed by atoms with van der Waals surface area (Å²) in [4.78, 5) is 0.188. The van der Waals surface area contributed by atoms with E-state index in [1.165, 1.54) is 16.4 Å². The number of rotatable bonds is 4. The van der Waals surface area contributed by atoms with Gasteiger partial charge in [-0.2, -0.15) is 9.57 Å². The van der Waals surface area contributed by atoms with Gasteiger partial charge in [0, 0.05) is 13.1 Å². The third kappa shape index (κ3) is 3.78. The van der Waals surface area contributed by atoms with Crippen molar-refractivity contribution in [1.82, 2.24) is 4.31 Å². The molecule has 0 atom stereocenters. The van der Waals surface area contributed by atoms with Gasteiger partial charge in [0.15, 0.2) is 0 Å². The number of benzene rings is 2. The summed E-state index contributed by atoms with van der Waals surface area (Å²) in [6.45, 7) is 1.47. The molecule has 0 unspecified atom stereocenters. The van der Waals surface area contributed by atoms with Gasteiger partial charge < -0.3 is 9.47 Å². The summed E-state index contributed by atoms with van der Waals surface area (Å²) in [7, 11) is -3.55. The van der Waals surface area contributed by atoms with E-state index < -0.39 is 10.0 Å². The zero-order valence-electron chi connectivity index (χ0n) is 13.2. The van der Waals surface area contributed by atoms with Gasteiger partial charge in [-0.1, -0.05) is 17.7 Å². The van der Waals surface area contributed by atoms with Gasteiger partial charge in [0.25, 0.3) is 0 Å². The molecule has 1 saturated heterocycles. The van der Waals surface area contributed by atoms with E-state index in [9.17, 15) is 8.42 Å². The fraction of sp³-hybridized carbons (Fsp3) is 0.235. The Hall–Kier alpha value is -2.11. The Bertz CT molecular complexity index is 901. The summed E-state index contributed by atoms with van der Waals surface area (Å²) in [6.07, 6.45) is 0. The minimum Gasteiger partial charge on any atom is -0.456 e. The first-order chi connectivity index (χ1) is 12.0. The van der Waals surface area contributed by atoms with Gasteiger partial charge in [-0.3, -0.25) is 0 Å². The molecule has 0 amide bonds. The Kier molecular flexibility index (Phi) is 5.25. The Morgan fingerprint density at radius 2 is 1.80 bits per heavy atom. The van der Waals surface area contributed by atoms with Crippen molar-refractivity contribution in [2.24, 2.45) is 0 Å². The van der Waals surface area contributed by atoms with Gasteiger partial charge in [0.1, 0.15) is 23.1 Å². The van der Waals surface area contributed by atoms with Crippen LogP contribution in [0.15, 0.2) is 47.4 Å². The van der Waals surface area contributed by atoms with Crippen LogP contribution >= 0.6 is 11.6 Å². The summed E-state index contributed by atoms with van der Waals surface area (Å²) in [5, 5.41) is 9.46. The van der Waals surface area contributed by atoms with Gasteiger partial charge in [0.05, 0.1) is 23.1 Å². The predicted octanol–water partition coefficient (Wildman–Crippen LogP) is 3.02. The van der Waals surface area contributed by atoms with Gasteiger partial charge >= 0.3 is 0 Å². The van der Waals surface area contributed by atoms with E-state index >= 15 is 0 Å². The average Bonchev–Trinajstić information content (AvgIpc) is 2.63. The topological polar surface area (TPSA) is 79.6 Å². The standard InChI is InChI=1S/C17H15ClN2O4S/c18-16-2-1-3-17(15(16)12-19)24-13-4-6-14(7-5-13)25(21,22)20-8-10-23-11-9-20/h1-7H,8-11H2. The molecule has 0 N–H and O–H groups in total. The largest absolute Gasteiger partial charge is 0.456 e. The first-order valence-electron chi connectivity index (χ1n) is 7.57. The van der Waals surface area contributed by atoms with Crippen LogP contribution in [0.25, 0.3) is 0 Å². The fourth-order valence-electron chi connectivity index (χ4n) is 2.44. The second kappa shape index (κ2) is 7.42. The molecule has 2 aromatic rings. The Morgan fingerprint density at radius 3 is 2.44 bits per heavy atom. The van der Waals surface area contributed by atoms with Crippen LogP contribution in [0, 0.1) is 11.3 Å². The second-order valence-electron chi connectivity index (χ2n) is 5.31. The molecular weight excluding hydrogens is 364 g/mol. The normalized spacial score (nSPS) is 15.5. The third-order valence-electron chi connectivity index (χ3n) is 3.75. The molecule has 25 heavy (non-hydrogen) atoms. The number of sulfonamides is 1. The molecule has 0 bridgehead atoms. The minimum absolute atomic E-state index is 0.188. The Morgan fingerprint density at radius 1 is 1.12 bits per heavy atom.